The van der Waals surface area contributed by atoms with Gasteiger partial charge in [-0.1, -0.05) is 51.1 Å². The second-order valence-electron chi connectivity index (χ2n) is 8.16. The molecule has 28 heavy (non-hydrogen) atoms. The highest BCUT2D eigenvalue weighted by atomic mass is 16.5. The summed E-state index contributed by atoms with van der Waals surface area (Å²) in [6, 6.07) is 15.2. The molecule has 2 amide bonds. The Morgan fingerprint density at radius 2 is 1.79 bits per heavy atom. The molecule has 0 saturated heterocycles. The van der Waals surface area contributed by atoms with Gasteiger partial charge in [0.05, 0.1) is 6.61 Å². The summed E-state index contributed by atoms with van der Waals surface area (Å²) in [5.41, 5.74) is 3.09. The highest BCUT2D eigenvalue weighted by molar-refractivity contribution is 6.06. The lowest BCUT2D eigenvalue weighted by atomic mass is 9.87. The van der Waals surface area contributed by atoms with Crippen molar-refractivity contribution in [2.45, 2.75) is 45.6 Å². The molecule has 3 rings (SSSR count). The van der Waals surface area contributed by atoms with E-state index in [-0.39, 0.29) is 17.2 Å². The number of nitrogens with zero attached hydrogens (tertiary/aromatic N) is 1. The Labute approximate surface area is 166 Å². The minimum Gasteiger partial charge on any atom is -0.494 e. The van der Waals surface area contributed by atoms with E-state index < -0.39 is 6.04 Å². The molecule has 0 spiro atoms. The van der Waals surface area contributed by atoms with Gasteiger partial charge in [-0.05, 0) is 35.6 Å². The summed E-state index contributed by atoms with van der Waals surface area (Å²) in [6.07, 6.45) is 0.702. The summed E-state index contributed by atoms with van der Waals surface area (Å²) in [7, 11) is 0. The van der Waals surface area contributed by atoms with Gasteiger partial charge in [0.1, 0.15) is 11.8 Å². The number of amides is 2. The molecule has 1 N–H and O–H groups in total. The van der Waals surface area contributed by atoms with E-state index in [1.807, 2.05) is 36.4 Å². The van der Waals surface area contributed by atoms with Crippen LogP contribution in [0.3, 0.4) is 0 Å². The van der Waals surface area contributed by atoms with Crippen LogP contribution in [0.15, 0.2) is 48.5 Å². The molecule has 1 atom stereocenters. The van der Waals surface area contributed by atoms with E-state index >= 15 is 0 Å². The lowest BCUT2D eigenvalue weighted by molar-refractivity contribution is -0.126. The highest BCUT2D eigenvalue weighted by Crippen LogP contribution is 2.35. The lowest BCUT2D eigenvalue weighted by Gasteiger charge is -2.20. The monoisotopic (exact) mass is 380 g/mol. The summed E-state index contributed by atoms with van der Waals surface area (Å²) in [6.45, 7) is 9.04. The molecule has 2 aromatic rings. The van der Waals surface area contributed by atoms with E-state index in [4.69, 9.17) is 4.74 Å². The Morgan fingerprint density at radius 1 is 1.11 bits per heavy atom. The molecule has 0 unspecified atom stereocenters. The number of ether oxygens (including phenoxy) is 1. The molecule has 2 aromatic carbocycles. The van der Waals surface area contributed by atoms with Crippen LogP contribution in [0.1, 0.15) is 51.3 Å². The van der Waals surface area contributed by atoms with Gasteiger partial charge in [0.15, 0.2) is 0 Å². The molecule has 148 valence electrons. The van der Waals surface area contributed by atoms with Gasteiger partial charge in [0, 0.05) is 24.7 Å². The van der Waals surface area contributed by atoms with Gasteiger partial charge in [-0.3, -0.25) is 9.59 Å². The zero-order valence-electron chi connectivity index (χ0n) is 17.0. The normalized spacial score (nSPS) is 16.1. The molecule has 0 bridgehead atoms. The fourth-order valence-electron chi connectivity index (χ4n) is 3.42. The largest absolute Gasteiger partial charge is 0.494 e. The average Bonchev–Trinajstić information content (AvgIpc) is 2.90. The number of fused-ring (bicyclic) bond motifs is 1. The number of benzene rings is 2. The van der Waals surface area contributed by atoms with Crippen molar-refractivity contribution in [2.75, 3.05) is 18.1 Å². The van der Waals surface area contributed by atoms with Crippen LogP contribution in [0.2, 0.25) is 0 Å². The second-order valence-corrected chi connectivity index (χ2v) is 8.16. The Hall–Kier alpha value is -2.82. The van der Waals surface area contributed by atoms with Gasteiger partial charge < -0.3 is 15.0 Å². The number of rotatable bonds is 6. The third-order valence-corrected chi connectivity index (χ3v) is 4.91. The number of carbonyl (C=O) groups is 2. The summed E-state index contributed by atoms with van der Waals surface area (Å²) < 4.78 is 5.84. The predicted molar refractivity (Wildman–Crippen MR) is 111 cm³/mol. The van der Waals surface area contributed by atoms with E-state index in [0.29, 0.717) is 19.6 Å². The Balaban J connectivity index is 1.57. The van der Waals surface area contributed by atoms with E-state index in [0.717, 1.165) is 17.0 Å². The van der Waals surface area contributed by atoms with Crippen LogP contribution in [-0.2, 0) is 15.0 Å². The highest BCUT2D eigenvalue weighted by Gasteiger charge is 2.37. The number of carbonyl (C=O) groups excluding carboxylic acids is 2. The van der Waals surface area contributed by atoms with Gasteiger partial charge in [0.2, 0.25) is 5.91 Å². The molecule has 5 nitrogen and oxygen atoms in total. The molecule has 0 aliphatic carbocycles. The maximum atomic E-state index is 12.8. The van der Waals surface area contributed by atoms with Gasteiger partial charge in [-0.2, -0.15) is 0 Å². The van der Waals surface area contributed by atoms with Crippen LogP contribution in [0.5, 0.6) is 5.75 Å². The summed E-state index contributed by atoms with van der Waals surface area (Å²) in [5.74, 6) is 0.528. The summed E-state index contributed by atoms with van der Waals surface area (Å²) in [4.78, 5) is 26.0. The number of para-hydroxylation sites is 1. The standard InChI is InChI=1S/C23H28N2O3/c1-16(26)24-21-19-8-5-6-9-20(19)25(22(21)27)14-7-15-28-18-12-10-17(11-13-18)23(2,3)4/h5-6,8-13,21H,7,14-15H2,1-4H3,(H,24,26)/t21-/m0/s1. The Morgan fingerprint density at radius 3 is 2.43 bits per heavy atom. The molecule has 0 saturated carbocycles. The second kappa shape index (κ2) is 8.05. The van der Waals surface area contributed by atoms with Crippen LogP contribution in [0.25, 0.3) is 0 Å². The molecule has 1 heterocycles. The summed E-state index contributed by atoms with van der Waals surface area (Å²) >= 11 is 0. The van der Waals surface area contributed by atoms with Crippen molar-refractivity contribution in [3.05, 3.63) is 59.7 Å². The van der Waals surface area contributed by atoms with Crippen LogP contribution in [0.4, 0.5) is 5.69 Å². The first-order chi connectivity index (χ1) is 13.3. The fraction of sp³-hybridized carbons (Fsp3) is 0.391. The number of nitrogens with one attached hydrogen (secondary N) is 1. The molecular weight excluding hydrogens is 352 g/mol. The van der Waals surface area contributed by atoms with Gasteiger partial charge >= 0.3 is 0 Å². The van der Waals surface area contributed by atoms with Gasteiger partial charge in [-0.15, -0.1) is 0 Å². The first kappa shape index (κ1) is 19.9. The molecule has 0 fully saturated rings. The number of hydrogen-bond acceptors (Lipinski definition) is 3. The SMILES string of the molecule is CC(=O)N[C@@H]1C(=O)N(CCCOc2ccc(C(C)(C)C)cc2)c2ccccc21. The van der Waals surface area contributed by atoms with E-state index in [1.165, 1.54) is 12.5 Å². The lowest BCUT2D eigenvalue weighted by Crippen LogP contribution is -2.37. The Bertz CT molecular complexity index is 853. The van der Waals surface area contributed by atoms with E-state index in [1.54, 1.807) is 4.90 Å². The fourth-order valence-corrected chi connectivity index (χ4v) is 3.42. The molecule has 0 radical (unpaired) electrons. The van der Waals surface area contributed by atoms with Crippen LogP contribution in [-0.4, -0.2) is 25.0 Å². The van der Waals surface area contributed by atoms with Crippen LogP contribution >= 0.6 is 0 Å². The van der Waals surface area contributed by atoms with Crippen molar-refractivity contribution in [1.82, 2.24) is 5.32 Å². The molecular formula is C23H28N2O3. The third-order valence-electron chi connectivity index (χ3n) is 4.91. The minimum atomic E-state index is -0.598. The topological polar surface area (TPSA) is 58.6 Å². The van der Waals surface area contributed by atoms with Crippen molar-refractivity contribution >= 4 is 17.5 Å². The van der Waals surface area contributed by atoms with E-state index in [2.05, 4.69) is 38.2 Å². The number of hydrogen-bond donors (Lipinski definition) is 1. The zero-order chi connectivity index (χ0) is 20.3. The Kier molecular flexibility index (Phi) is 5.73. The van der Waals surface area contributed by atoms with E-state index in [9.17, 15) is 9.59 Å². The van der Waals surface area contributed by atoms with Crippen molar-refractivity contribution in [3.8, 4) is 5.75 Å². The van der Waals surface area contributed by atoms with Crippen molar-refractivity contribution in [3.63, 3.8) is 0 Å². The van der Waals surface area contributed by atoms with Crippen molar-refractivity contribution in [2.24, 2.45) is 0 Å². The molecule has 1 aliphatic heterocycles. The van der Waals surface area contributed by atoms with Gasteiger partial charge in [-0.25, -0.2) is 0 Å². The quantitative estimate of drug-likeness (QED) is 0.771. The first-order valence-corrected chi connectivity index (χ1v) is 9.68. The van der Waals surface area contributed by atoms with Crippen LogP contribution < -0.4 is 15.0 Å². The first-order valence-electron chi connectivity index (χ1n) is 9.68. The van der Waals surface area contributed by atoms with Crippen molar-refractivity contribution in [1.29, 1.82) is 0 Å². The number of anilines is 1. The average molecular weight is 380 g/mol. The maximum Gasteiger partial charge on any atom is 0.254 e. The molecule has 5 heteroatoms. The van der Waals surface area contributed by atoms with Crippen LogP contribution in [0, 0.1) is 0 Å². The van der Waals surface area contributed by atoms with Gasteiger partial charge in [0.25, 0.3) is 5.91 Å². The maximum absolute atomic E-state index is 12.8. The zero-order valence-corrected chi connectivity index (χ0v) is 17.0. The smallest absolute Gasteiger partial charge is 0.254 e. The summed E-state index contributed by atoms with van der Waals surface area (Å²) in [5, 5.41) is 2.75. The predicted octanol–water partition coefficient (Wildman–Crippen LogP) is 3.98. The third kappa shape index (κ3) is 4.35. The molecule has 1 aliphatic rings. The van der Waals surface area contributed by atoms with Crippen molar-refractivity contribution < 1.29 is 14.3 Å². The minimum absolute atomic E-state index is 0.0917. The molecule has 0 aromatic heterocycles.